The van der Waals surface area contributed by atoms with Crippen molar-refractivity contribution in [1.82, 2.24) is 15.2 Å². The van der Waals surface area contributed by atoms with Crippen LogP contribution in [-0.2, 0) is 19.1 Å². The molecule has 0 radical (unpaired) electrons. The minimum atomic E-state index is -4.33. The van der Waals surface area contributed by atoms with Crippen molar-refractivity contribution >= 4 is 5.69 Å². The molecule has 0 atom stereocenters. The topological polar surface area (TPSA) is 44.5 Å². The fourth-order valence-electron chi connectivity index (χ4n) is 4.52. The Labute approximate surface area is 204 Å². The molecule has 4 rings (SSSR count). The predicted octanol–water partition coefficient (Wildman–Crippen LogP) is 5.61. The number of aryl methyl sites for hydroxylation is 1. The van der Waals surface area contributed by atoms with Crippen LogP contribution in [0.25, 0.3) is 11.3 Å². The number of anilines is 1. The molecule has 0 aliphatic carbocycles. The van der Waals surface area contributed by atoms with Crippen LogP contribution < -0.4 is 10.2 Å². The monoisotopic (exact) mass is 486 g/mol. The average Bonchev–Trinajstić information content (AvgIpc) is 3.27. The molecule has 1 saturated heterocycles. The van der Waals surface area contributed by atoms with Crippen LogP contribution in [0.2, 0.25) is 0 Å². The first-order chi connectivity index (χ1) is 17.0. The maximum absolute atomic E-state index is 13.3. The minimum Gasteiger partial charge on any atom is -0.444 e. The number of piperazine rings is 1. The Balaban J connectivity index is 1.21. The van der Waals surface area contributed by atoms with Crippen LogP contribution in [0.5, 0.6) is 0 Å². The Morgan fingerprint density at radius 3 is 2.40 bits per heavy atom. The summed E-state index contributed by atoms with van der Waals surface area (Å²) in [6.07, 6.45) is -1.53. The largest absolute Gasteiger partial charge is 0.444 e. The summed E-state index contributed by atoms with van der Waals surface area (Å²) in [6.45, 7) is 7.14. The number of aromatic nitrogens is 1. The fraction of sp³-hybridized carbons (Fsp3) is 0.444. The van der Waals surface area contributed by atoms with E-state index in [1.165, 1.54) is 6.07 Å². The molecule has 35 heavy (non-hydrogen) atoms. The Morgan fingerprint density at radius 1 is 0.971 bits per heavy atom. The lowest BCUT2D eigenvalue weighted by atomic mass is 10.1. The molecule has 0 amide bonds. The van der Waals surface area contributed by atoms with Crippen molar-refractivity contribution in [3.63, 3.8) is 0 Å². The smallest absolute Gasteiger partial charge is 0.418 e. The van der Waals surface area contributed by atoms with Gasteiger partial charge in [0.25, 0.3) is 0 Å². The third-order valence-electron chi connectivity index (χ3n) is 6.29. The molecule has 0 saturated carbocycles. The molecule has 1 aliphatic rings. The van der Waals surface area contributed by atoms with Crippen molar-refractivity contribution in [3.05, 3.63) is 71.8 Å². The van der Waals surface area contributed by atoms with Crippen LogP contribution in [0.15, 0.2) is 59.0 Å². The third kappa shape index (κ3) is 6.64. The van der Waals surface area contributed by atoms with Crippen molar-refractivity contribution in [2.24, 2.45) is 0 Å². The number of hydrogen-bond donors (Lipinski definition) is 1. The molecular formula is C27H33F3N4O. The van der Waals surface area contributed by atoms with E-state index in [-0.39, 0.29) is 5.69 Å². The molecule has 1 fully saturated rings. The number of nitrogens with zero attached hydrogens (tertiary/aromatic N) is 3. The maximum atomic E-state index is 13.3. The maximum Gasteiger partial charge on any atom is 0.418 e. The Kier molecular flexibility index (Phi) is 8.46. The fourth-order valence-corrected chi connectivity index (χ4v) is 4.52. The number of nitrogens with one attached hydrogen (secondary N) is 1. The SMILES string of the molecule is CCCc1oc(CNCCCN2CCN(c3ccccc3C(F)(F)F)CC2)nc1-c1ccccc1. The summed E-state index contributed by atoms with van der Waals surface area (Å²) in [4.78, 5) is 8.88. The van der Waals surface area contributed by atoms with Crippen molar-refractivity contribution in [1.29, 1.82) is 0 Å². The lowest BCUT2D eigenvalue weighted by molar-refractivity contribution is -0.137. The minimum absolute atomic E-state index is 0.282. The van der Waals surface area contributed by atoms with Gasteiger partial charge in [-0.25, -0.2) is 4.98 Å². The van der Waals surface area contributed by atoms with Gasteiger partial charge in [0.05, 0.1) is 12.1 Å². The average molecular weight is 487 g/mol. The van der Waals surface area contributed by atoms with Crippen molar-refractivity contribution < 1.29 is 17.6 Å². The van der Waals surface area contributed by atoms with E-state index in [1.807, 2.05) is 23.1 Å². The zero-order valence-corrected chi connectivity index (χ0v) is 20.2. The third-order valence-corrected chi connectivity index (χ3v) is 6.29. The molecule has 2 aromatic carbocycles. The first kappa shape index (κ1) is 25.3. The normalized spacial score (nSPS) is 15.0. The summed E-state index contributed by atoms with van der Waals surface area (Å²) in [7, 11) is 0. The number of benzene rings is 2. The molecule has 2 heterocycles. The van der Waals surface area contributed by atoms with E-state index in [1.54, 1.807) is 12.1 Å². The summed E-state index contributed by atoms with van der Waals surface area (Å²) in [6, 6.07) is 16.0. The summed E-state index contributed by atoms with van der Waals surface area (Å²) >= 11 is 0. The van der Waals surface area contributed by atoms with Gasteiger partial charge < -0.3 is 14.6 Å². The van der Waals surface area contributed by atoms with Gasteiger partial charge in [-0.2, -0.15) is 13.2 Å². The summed E-state index contributed by atoms with van der Waals surface area (Å²) < 4.78 is 46.0. The lowest BCUT2D eigenvalue weighted by Gasteiger charge is -2.37. The van der Waals surface area contributed by atoms with Crippen LogP contribution in [0.3, 0.4) is 0 Å². The molecule has 1 N–H and O–H groups in total. The number of rotatable bonds is 10. The molecule has 8 heteroatoms. The predicted molar refractivity (Wildman–Crippen MR) is 132 cm³/mol. The van der Waals surface area contributed by atoms with Gasteiger partial charge in [-0.3, -0.25) is 4.90 Å². The van der Waals surface area contributed by atoms with Gasteiger partial charge in [0.1, 0.15) is 11.5 Å². The number of para-hydroxylation sites is 1. The highest BCUT2D eigenvalue weighted by Gasteiger charge is 2.35. The molecule has 3 aromatic rings. The van der Waals surface area contributed by atoms with Gasteiger partial charge in [-0.05, 0) is 38.1 Å². The second-order valence-corrected chi connectivity index (χ2v) is 8.87. The number of hydrogen-bond acceptors (Lipinski definition) is 5. The van der Waals surface area contributed by atoms with Crippen LogP contribution in [0.1, 0.15) is 37.0 Å². The van der Waals surface area contributed by atoms with Gasteiger partial charge in [0.2, 0.25) is 5.89 Å². The van der Waals surface area contributed by atoms with Gasteiger partial charge in [0, 0.05) is 43.9 Å². The standard InChI is InChI=1S/C27H33F3N4O/c1-2-9-24-26(21-10-4-3-5-11-21)32-25(35-24)20-31-14-8-15-33-16-18-34(19-17-33)23-13-7-6-12-22(23)27(28,29)30/h3-7,10-13,31H,2,8-9,14-20H2,1H3. The highest BCUT2D eigenvalue weighted by Crippen LogP contribution is 2.36. The molecule has 188 valence electrons. The summed E-state index contributed by atoms with van der Waals surface area (Å²) in [5.74, 6) is 1.63. The molecule has 0 spiro atoms. The van der Waals surface area contributed by atoms with Gasteiger partial charge >= 0.3 is 6.18 Å². The second-order valence-electron chi connectivity index (χ2n) is 8.87. The summed E-state index contributed by atoms with van der Waals surface area (Å²) in [5.41, 5.74) is 1.73. The molecule has 5 nitrogen and oxygen atoms in total. The van der Waals surface area contributed by atoms with Crippen molar-refractivity contribution in [2.45, 2.75) is 38.9 Å². The lowest BCUT2D eigenvalue weighted by Crippen LogP contribution is -2.47. The quantitative estimate of drug-likeness (QED) is 0.377. The van der Waals surface area contributed by atoms with Gasteiger partial charge in [0.15, 0.2) is 0 Å². The molecule has 0 bridgehead atoms. The van der Waals surface area contributed by atoms with E-state index in [0.29, 0.717) is 25.5 Å². The van der Waals surface area contributed by atoms with Gasteiger partial charge in [-0.15, -0.1) is 0 Å². The summed E-state index contributed by atoms with van der Waals surface area (Å²) in [5, 5.41) is 3.42. The molecular weight excluding hydrogens is 453 g/mol. The van der Waals surface area contributed by atoms with Crippen LogP contribution in [0.4, 0.5) is 18.9 Å². The van der Waals surface area contributed by atoms with E-state index < -0.39 is 11.7 Å². The molecule has 1 aliphatic heterocycles. The zero-order valence-electron chi connectivity index (χ0n) is 20.2. The number of alkyl halides is 3. The number of oxazole rings is 1. The van der Waals surface area contributed by atoms with E-state index in [4.69, 9.17) is 9.40 Å². The first-order valence-corrected chi connectivity index (χ1v) is 12.3. The van der Waals surface area contributed by atoms with Crippen molar-refractivity contribution in [2.75, 3.05) is 44.2 Å². The first-order valence-electron chi connectivity index (χ1n) is 12.3. The van der Waals surface area contributed by atoms with Crippen LogP contribution in [-0.4, -0.2) is 49.2 Å². The van der Waals surface area contributed by atoms with Crippen LogP contribution in [0, 0.1) is 0 Å². The van der Waals surface area contributed by atoms with E-state index in [0.717, 1.165) is 68.5 Å². The van der Waals surface area contributed by atoms with E-state index in [9.17, 15) is 13.2 Å². The highest BCUT2D eigenvalue weighted by molar-refractivity contribution is 5.61. The molecule has 1 aromatic heterocycles. The Hall–Kier alpha value is -2.84. The Morgan fingerprint density at radius 2 is 1.69 bits per heavy atom. The Bertz CT molecular complexity index is 1060. The van der Waals surface area contributed by atoms with Crippen LogP contribution >= 0.6 is 0 Å². The van der Waals surface area contributed by atoms with Crippen molar-refractivity contribution in [3.8, 4) is 11.3 Å². The van der Waals surface area contributed by atoms with Gasteiger partial charge in [-0.1, -0.05) is 49.4 Å². The number of halogens is 3. The highest BCUT2D eigenvalue weighted by atomic mass is 19.4. The zero-order chi connectivity index (χ0) is 24.7. The second kappa shape index (κ2) is 11.7. The van der Waals surface area contributed by atoms with E-state index in [2.05, 4.69) is 29.3 Å². The van der Waals surface area contributed by atoms with E-state index >= 15 is 0 Å². The molecule has 0 unspecified atom stereocenters.